The third-order valence-electron chi connectivity index (χ3n) is 5.16. The van der Waals surface area contributed by atoms with Gasteiger partial charge in [0, 0.05) is 6.61 Å². The summed E-state index contributed by atoms with van der Waals surface area (Å²) in [6.07, 6.45) is -0.332. The predicted octanol–water partition coefficient (Wildman–Crippen LogP) is 3.29. The number of benzene rings is 2. The summed E-state index contributed by atoms with van der Waals surface area (Å²) in [7, 11) is 0. The van der Waals surface area contributed by atoms with Gasteiger partial charge in [-0.05, 0) is 37.1 Å². The Balaban J connectivity index is 1.62. The number of amides is 3. The number of carbonyl (C=O) groups excluding carboxylic acids is 2. The molecule has 0 bridgehead atoms. The number of hydrogen-bond donors (Lipinski definition) is 1. The molecule has 0 radical (unpaired) electrons. The molecule has 3 aromatic rings. The highest BCUT2D eigenvalue weighted by molar-refractivity contribution is 6.09. The number of hydrogen-bond acceptors (Lipinski definition) is 6. The highest BCUT2D eigenvalue weighted by Gasteiger charge is 2.50. The van der Waals surface area contributed by atoms with E-state index >= 15 is 0 Å². The maximum Gasteiger partial charge on any atom is 0.325 e. The Hall–Kier alpha value is -3.26. The number of imide groups is 1. The van der Waals surface area contributed by atoms with Crippen LogP contribution < -0.4 is 5.32 Å². The molecule has 1 fully saturated rings. The smallest absolute Gasteiger partial charge is 0.325 e. The van der Waals surface area contributed by atoms with Crippen LogP contribution in [0, 0.1) is 0 Å². The molecule has 2 aromatic carbocycles. The first-order valence-electron chi connectivity index (χ1n) is 9.50. The van der Waals surface area contributed by atoms with Crippen LogP contribution in [0.25, 0.3) is 10.8 Å². The Morgan fingerprint density at radius 2 is 1.97 bits per heavy atom. The lowest BCUT2D eigenvalue weighted by Crippen LogP contribution is -2.41. The number of urea groups is 1. The fraction of sp³-hybridized carbons (Fsp3) is 0.333. The van der Waals surface area contributed by atoms with E-state index < -0.39 is 11.6 Å². The summed E-state index contributed by atoms with van der Waals surface area (Å²) < 4.78 is 10.7. The molecule has 1 saturated heterocycles. The number of rotatable bonds is 6. The molecule has 8 heteroatoms. The van der Waals surface area contributed by atoms with E-state index in [0.29, 0.717) is 12.4 Å². The summed E-state index contributed by atoms with van der Waals surface area (Å²) in [6.45, 7) is 5.81. The number of aromatic nitrogens is 2. The van der Waals surface area contributed by atoms with E-state index in [1.165, 1.54) is 0 Å². The molecule has 1 aromatic heterocycles. The zero-order valence-corrected chi connectivity index (χ0v) is 16.5. The molecular weight excluding hydrogens is 372 g/mol. The van der Waals surface area contributed by atoms with Gasteiger partial charge < -0.3 is 14.6 Å². The summed E-state index contributed by atoms with van der Waals surface area (Å²) in [5.41, 5.74) is -0.438. The summed E-state index contributed by atoms with van der Waals surface area (Å²) in [5, 5.41) is 8.63. The first kappa shape index (κ1) is 19.1. The van der Waals surface area contributed by atoms with Crippen LogP contribution in [0.2, 0.25) is 0 Å². The van der Waals surface area contributed by atoms with Crippen LogP contribution in [0.4, 0.5) is 4.79 Å². The second kappa shape index (κ2) is 7.29. The van der Waals surface area contributed by atoms with Crippen LogP contribution in [0.5, 0.6) is 0 Å². The van der Waals surface area contributed by atoms with E-state index in [9.17, 15) is 9.59 Å². The Morgan fingerprint density at radius 1 is 1.21 bits per heavy atom. The van der Waals surface area contributed by atoms with Crippen molar-refractivity contribution in [3.63, 3.8) is 0 Å². The normalized spacial score (nSPS) is 20.3. The SMILES string of the molecule is CCO[C@H](C)c1noc(CN2C(=O)N[C@](C)(c3cccc4ccccc34)C2=O)n1. The van der Waals surface area contributed by atoms with Gasteiger partial charge >= 0.3 is 6.03 Å². The largest absolute Gasteiger partial charge is 0.371 e. The van der Waals surface area contributed by atoms with E-state index in [1.807, 2.05) is 56.3 Å². The third-order valence-corrected chi connectivity index (χ3v) is 5.16. The molecule has 8 nitrogen and oxygen atoms in total. The van der Waals surface area contributed by atoms with Gasteiger partial charge in [-0.15, -0.1) is 0 Å². The second-order valence-corrected chi connectivity index (χ2v) is 7.12. The van der Waals surface area contributed by atoms with E-state index in [0.717, 1.165) is 21.2 Å². The summed E-state index contributed by atoms with van der Waals surface area (Å²) in [5.74, 6) is 0.194. The molecule has 150 valence electrons. The highest BCUT2D eigenvalue weighted by atomic mass is 16.5. The van der Waals surface area contributed by atoms with Crippen molar-refractivity contribution in [3.8, 4) is 0 Å². The van der Waals surface area contributed by atoms with Gasteiger partial charge in [0.05, 0.1) is 0 Å². The first-order valence-corrected chi connectivity index (χ1v) is 9.50. The van der Waals surface area contributed by atoms with Gasteiger partial charge in [-0.25, -0.2) is 4.79 Å². The Bertz CT molecular complexity index is 1070. The lowest BCUT2D eigenvalue weighted by Gasteiger charge is -2.23. The molecule has 1 N–H and O–H groups in total. The van der Waals surface area contributed by atoms with Crippen molar-refractivity contribution < 1.29 is 18.8 Å². The van der Waals surface area contributed by atoms with Gasteiger partial charge in [0.25, 0.3) is 5.91 Å². The monoisotopic (exact) mass is 394 g/mol. The summed E-state index contributed by atoms with van der Waals surface area (Å²) in [6, 6.07) is 13.0. The lowest BCUT2D eigenvalue weighted by atomic mass is 9.88. The topological polar surface area (TPSA) is 97.6 Å². The predicted molar refractivity (Wildman–Crippen MR) is 105 cm³/mol. The lowest BCUT2D eigenvalue weighted by molar-refractivity contribution is -0.131. The minimum atomic E-state index is -1.18. The van der Waals surface area contributed by atoms with Gasteiger partial charge in [-0.3, -0.25) is 9.69 Å². The molecular formula is C21H22N4O4. The number of carbonyl (C=O) groups is 2. The fourth-order valence-corrected chi connectivity index (χ4v) is 3.64. The van der Waals surface area contributed by atoms with Gasteiger partial charge in [-0.2, -0.15) is 4.98 Å². The zero-order chi connectivity index (χ0) is 20.6. The summed E-state index contributed by atoms with van der Waals surface area (Å²) in [4.78, 5) is 31.3. The Labute approximate surface area is 167 Å². The standard InChI is InChI=1S/C21H22N4O4/c1-4-28-13(2)18-22-17(29-24-18)12-25-19(26)21(3,23-20(25)27)16-11-7-9-14-8-5-6-10-15(14)16/h5-11,13H,4,12H2,1-3H3,(H,23,27)/t13-,21-/m1/s1. The molecule has 3 amide bonds. The maximum absolute atomic E-state index is 13.3. The quantitative estimate of drug-likeness (QED) is 0.645. The van der Waals surface area contributed by atoms with Gasteiger partial charge in [0.2, 0.25) is 5.89 Å². The average Bonchev–Trinajstić information content (AvgIpc) is 3.27. The fourth-order valence-electron chi connectivity index (χ4n) is 3.64. The van der Waals surface area contributed by atoms with Crippen molar-refractivity contribution in [3.05, 3.63) is 59.7 Å². The highest BCUT2D eigenvalue weighted by Crippen LogP contribution is 2.34. The first-order chi connectivity index (χ1) is 13.9. The van der Waals surface area contributed by atoms with Gasteiger partial charge in [0.15, 0.2) is 5.82 Å². The van der Waals surface area contributed by atoms with Crippen molar-refractivity contribution in [1.82, 2.24) is 20.4 Å². The van der Waals surface area contributed by atoms with Gasteiger partial charge in [0.1, 0.15) is 18.2 Å². The zero-order valence-electron chi connectivity index (χ0n) is 16.5. The molecule has 0 aliphatic carbocycles. The van der Waals surface area contributed by atoms with E-state index in [2.05, 4.69) is 15.5 Å². The third kappa shape index (κ3) is 3.25. The maximum atomic E-state index is 13.3. The van der Waals surface area contributed by atoms with Crippen LogP contribution in [0.1, 0.15) is 44.2 Å². The minimum Gasteiger partial charge on any atom is -0.371 e. The molecule has 1 aliphatic rings. The minimum absolute atomic E-state index is 0.100. The van der Waals surface area contributed by atoms with Crippen molar-refractivity contribution >= 4 is 22.7 Å². The molecule has 2 atom stereocenters. The van der Waals surface area contributed by atoms with Crippen LogP contribution in [0.3, 0.4) is 0 Å². The molecule has 0 spiro atoms. The van der Waals surface area contributed by atoms with Crippen LogP contribution in [-0.2, 0) is 21.6 Å². The van der Waals surface area contributed by atoms with Crippen molar-refractivity contribution in [2.24, 2.45) is 0 Å². The summed E-state index contributed by atoms with van der Waals surface area (Å²) >= 11 is 0. The second-order valence-electron chi connectivity index (χ2n) is 7.12. The van der Waals surface area contributed by atoms with Crippen molar-refractivity contribution in [2.45, 2.75) is 39.0 Å². The van der Waals surface area contributed by atoms with E-state index in [1.54, 1.807) is 6.92 Å². The van der Waals surface area contributed by atoms with Crippen LogP contribution in [0.15, 0.2) is 47.0 Å². The molecule has 2 heterocycles. The average molecular weight is 394 g/mol. The van der Waals surface area contributed by atoms with Crippen molar-refractivity contribution in [1.29, 1.82) is 0 Å². The number of fused-ring (bicyclic) bond motifs is 1. The number of nitrogens with one attached hydrogen (secondary N) is 1. The number of ether oxygens (including phenoxy) is 1. The molecule has 0 saturated carbocycles. The molecule has 0 unspecified atom stereocenters. The Kier molecular flexibility index (Phi) is 4.79. The van der Waals surface area contributed by atoms with Crippen LogP contribution >= 0.6 is 0 Å². The van der Waals surface area contributed by atoms with E-state index in [-0.39, 0.29) is 24.4 Å². The van der Waals surface area contributed by atoms with Crippen LogP contribution in [-0.4, -0.2) is 33.6 Å². The van der Waals surface area contributed by atoms with Gasteiger partial charge in [-0.1, -0.05) is 47.6 Å². The molecule has 4 rings (SSSR count). The van der Waals surface area contributed by atoms with E-state index in [4.69, 9.17) is 9.26 Å². The van der Waals surface area contributed by atoms with Crippen molar-refractivity contribution in [2.75, 3.05) is 6.61 Å². The number of nitrogens with zero attached hydrogens (tertiary/aromatic N) is 3. The molecule has 29 heavy (non-hydrogen) atoms. The molecule has 1 aliphatic heterocycles. The Morgan fingerprint density at radius 3 is 2.76 bits per heavy atom.